The minimum Gasteiger partial charge on any atom is -0.494 e. The van der Waals surface area contributed by atoms with E-state index in [1.807, 2.05) is 55.5 Å². The fourth-order valence-corrected chi connectivity index (χ4v) is 3.99. The third-order valence-corrected chi connectivity index (χ3v) is 6.01. The molecule has 0 aliphatic carbocycles. The molecule has 1 saturated heterocycles. The van der Waals surface area contributed by atoms with Gasteiger partial charge in [-0.25, -0.2) is 0 Å². The van der Waals surface area contributed by atoms with Crippen LogP contribution < -0.4 is 30.0 Å². The van der Waals surface area contributed by atoms with Gasteiger partial charge in [0.1, 0.15) is 12.4 Å². The molecule has 1 atom stereocenters. The summed E-state index contributed by atoms with van der Waals surface area (Å²) in [5.41, 5.74) is 7.93. The van der Waals surface area contributed by atoms with Crippen LogP contribution in [0.1, 0.15) is 18.9 Å². The molecule has 4 rings (SSSR count). The first-order chi connectivity index (χ1) is 17.5. The molecule has 0 saturated carbocycles. The van der Waals surface area contributed by atoms with Crippen LogP contribution in [0.25, 0.3) is 0 Å². The molecule has 1 aliphatic heterocycles. The van der Waals surface area contributed by atoms with E-state index < -0.39 is 5.92 Å². The Kier molecular flexibility index (Phi) is 8.17. The fourth-order valence-electron chi connectivity index (χ4n) is 3.86. The van der Waals surface area contributed by atoms with Crippen molar-refractivity contribution in [3.8, 4) is 17.2 Å². The monoisotopic (exact) mass is 509 g/mol. The SMILES string of the molecule is CCOc1ccc(N2C[C@H](C(=O)NNc3ccc(OCc4ccc(Cl)cc4)c(OC)c3)CC2=O)cc1. The molecule has 1 heterocycles. The van der Waals surface area contributed by atoms with Crippen LogP contribution in [0.2, 0.25) is 5.02 Å². The van der Waals surface area contributed by atoms with Gasteiger partial charge in [0.15, 0.2) is 11.5 Å². The van der Waals surface area contributed by atoms with Gasteiger partial charge in [0.05, 0.1) is 25.3 Å². The first-order valence-electron chi connectivity index (χ1n) is 11.6. The molecule has 2 N–H and O–H groups in total. The third kappa shape index (κ3) is 6.20. The molecular formula is C27H28ClN3O5. The topological polar surface area (TPSA) is 89.1 Å². The highest BCUT2D eigenvalue weighted by Crippen LogP contribution is 2.31. The average molecular weight is 510 g/mol. The molecule has 9 heteroatoms. The number of methoxy groups -OCH3 is 1. The number of benzene rings is 3. The van der Waals surface area contributed by atoms with E-state index in [0.29, 0.717) is 42.0 Å². The highest BCUT2D eigenvalue weighted by atomic mass is 35.5. The van der Waals surface area contributed by atoms with E-state index in [9.17, 15) is 9.59 Å². The molecule has 36 heavy (non-hydrogen) atoms. The molecule has 0 radical (unpaired) electrons. The van der Waals surface area contributed by atoms with Gasteiger partial charge in [0.25, 0.3) is 0 Å². The molecular weight excluding hydrogens is 482 g/mol. The molecule has 3 aromatic carbocycles. The second-order valence-corrected chi connectivity index (χ2v) is 8.66. The molecule has 2 amide bonds. The van der Waals surface area contributed by atoms with Gasteiger partial charge in [0.2, 0.25) is 11.8 Å². The zero-order valence-corrected chi connectivity index (χ0v) is 20.9. The molecule has 8 nitrogen and oxygen atoms in total. The normalized spacial score (nSPS) is 14.9. The highest BCUT2D eigenvalue weighted by Gasteiger charge is 2.35. The molecule has 3 aromatic rings. The summed E-state index contributed by atoms with van der Waals surface area (Å²) in [5, 5.41) is 0.666. The van der Waals surface area contributed by atoms with Crippen molar-refractivity contribution in [3.05, 3.63) is 77.3 Å². The van der Waals surface area contributed by atoms with Crippen molar-refractivity contribution in [1.82, 2.24) is 5.43 Å². The van der Waals surface area contributed by atoms with Crippen molar-refractivity contribution in [2.24, 2.45) is 5.92 Å². The lowest BCUT2D eigenvalue weighted by Gasteiger charge is -2.18. The first-order valence-corrected chi connectivity index (χ1v) is 12.0. The van der Waals surface area contributed by atoms with Gasteiger partial charge in [-0.15, -0.1) is 0 Å². The number of anilines is 2. The summed E-state index contributed by atoms with van der Waals surface area (Å²) in [6.45, 7) is 3.15. The Morgan fingerprint density at radius 1 is 1.03 bits per heavy atom. The van der Waals surface area contributed by atoms with Gasteiger partial charge < -0.3 is 19.1 Å². The summed E-state index contributed by atoms with van der Waals surface area (Å²) in [6, 6.07) is 19.9. The van der Waals surface area contributed by atoms with Gasteiger partial charge in [-0.2, -0.15) is 0 Å². The van der Waals surface area contributed by atoms with Crippen LogP contribution in [0.3, 0.4) is 0 Å². The van der Waals surface area contributed by atoms with Crippen LogP contribution >= 0.6 is 11.6 Å². The number of carbonyl (C=O) groups is 2. The minimum atomic E-state index is -0.472. The molecule has 0 bridgehead atoms. The van der Waals surface area contributed by atoms with E-state index in [1.165, 1.54) is 0 Å². The van der Waals surface area contributed by atoms with E-state index in [4.69, 9.17) is 25.8 Å². The smallest absolute Gasteiger partial charge is 0.243 e. The molecule has 0 unspecified atom stereocenters. The van der Waals surface area contributed by atoms with Crippen molar-refractivity contribution < 1.29 is 23.8 Å². The summed E-state index contributed by atoms with van der Waals surface area (Å²) >= 11 is 5.92. The van der Waals surface area contributed by atoms with E-state index in [0.717, 1.165) is 17.0 Å². The van der Waals surface area contributed by atoms with Crippen LogP contribution in [-0.4, -0.2) is 32.1 Å². The average Bonchev–Trinajstić information content (AvgIpc) is 3.29. The Bertz CT molecular complexity index is 1200. The van der Waals surface area contributed by atoms with Crippen molar-refractivity contribution in [2.75, 3.05) is 30.6 Å². The van der Waals surface area contributed by atoms with Crippen LogP contribution in [0.4, 0.5) is 11.4 Å². The quantitative estimate of drug-likeness (QED) is 0.381. The maximum atomic E-state index is 12.7. The molecule has 1 aliphatic rings. The van der Waals surface area contributed by atoms with Gasteiger partial charge in [0, 0.05) is 29.7 Å². The highest BCUT2D eigenvalue weighted by molar-refractivity contribution is 6.30. The number of rotatable bonds is 10. The number of hydrazine groups is 1. The van der Waals surface area contributed by atoms with Crippen LogP contribution in [0.5, 0.6) is 17.2 Å². The second kappa shape index (κ2) is 11.7. The van der Waals surface area contributed by atoms with Crippen LogP contribution in [0, 0.1) is 5.92 Å². The largest absolute Gasteiger partial charge is 0.494 e. The molecule has 188 valence electrons. The number of ether oxygens (including phenoxy) is 3. The number of halogens is 1. The van der Waals surface area contributed by atoms with E-state index in [2.05, 4.69) is 10.9 Å². The summed E-state index contributed by atoms with van der Waals surface area (Å²) in [6.07, 6.45) is 0.140. The van der Waals surface area contributed by atoms with Crippen LogP contribution in [-0.2, 0) is 16.2 Å². The Hall–Kier alpha value is -3.91. The van der Waals surface area contributed by atoms with Crippen LogP contribution in [0.15, 0.2) is 66.7 Å². The minimum absolute atomic E-state index is 0.0943. The van der Waals surface area contributed by atoms with E-state index >= 15 is 0 Å². The molecule has 1 fully saturated rings. The molecule has 0 spiro atoms. The summed E-state index contributed by atoms with van der Waals surface area (Å²) < 4.78 is 16.8. The summed E-state index contributed by atoms with van der Waals surface area (Å²) in [4.78, 5) is 26.9. The number of nitrogens with one attached hydrogen (secondary N) is 2. The van der Waals surface area contributed by atoms with Crippen molar-refractivity contribution in [3.63, 3.8) is 0 Å². The lowest BCUT2D eigenvalue weighted by molar-refractivity contribution is -0.125. The second-order valence-electron chi connectivity index (χ2n) is 8.23. The Balaban J connectivity index is 1.31. The van der Waals surface area contributed by atoms with Gasteiger partial charge in [-0.1, -0.05) is 23.7 Å². The van der Waals surface area contributed by atoms with Crippen molar-refractivity contribution >= 4 is 34.8 Å². The zero-order valence-electron chi connectivity index (χ0n) is 20.1. The van der Waals surface area contributed by atoms with Gasteiger partial charge in [-0.05, 0) is 61.0 Å². The lowest BCUT2D eigenvalue weighted by atomic mass is 10.1. The van der Waals surface area contributed by atoms with E-state index in [1.54, 1.807) is 30.2 Å². The first kappa shape index (κ1) is 25.2. The number of carbonyl (C=O) groups excluding carboxylic acids is 2. The zero-order chi connectivity index (χ0) is 25.5. The van der Waals surface area contributed by atoms with Crippen molar-refractivity contribution in [1.29, 1.82) is 0 Å². The number of amides is 2. The summed E-state index contributed by atoms with van der Waals surface area (Å²) in [7, 11) is 1.55. The number of hydrogen-bond donors (Lipinski definition) is 2. The van der Waals surface area contributed by atoms with Gasteiger partial charge in [-0.3, -0.25) is 20.4 Å². The maximum absolute atomic E-state index is 12.7. The van der Waals surface area contributed by atoms with Crippen molar-refractivity contribution in [2.45, 2.75) is 20.0 Å². The number of hydrogen-bond acceptors (Lipinski definition) is 6. The summed E-state index contributed by atoms with van der Waals surface area (Å²) in [5.74, 6) is 0.989. The predicted molar refractivity (Wildman–Crippen MR) is 139 cm³/mol. The standard InChI is InChI=1S/C27H28ClN3O5/c1-3-35-23-11-9-22(10-12-23)31-16-19(14-26(31)32)27(33)30-29-21-8-13-24(25(15-21)34-2)36-17-18-4-6-20(28)7-5-18/h4-13,15,19,29H,3,14,16-17H2,1-2H3,(H,30,33)/t19-/m1/s1. The number of nitrogens with zero attached hydrogens (tertiary/aromatic N) is 1. The Morgan fingerprint density at radius 2 is 1.78 bits per heavy atom. The Labute approximate surface area is 215 Å². The van der Waals surface area contributed by atoms with Gasteiger partial charge >= 0.3 is 0 Å². The fraction of sp³-hybridized carbons (Fsp3) is 0.259. The Morgan fingerprint density at radius 3 is 2.47 bits per heavy atom. The predicted octanol–water partition coefficient (Wildman–Crippen LogP) is 4.82. The molecule has 0 aromatic heterocycles. The lowest BCUT2D eigenvalue weighted by Crippen LogP contribution is -2.36. The third-order valence-electron chi connectivity index (χ3n) is 5.76. The maximum Gasteiger partial charge on any atom is 0.243 e. The van der Waals surface area contributed by atoms with E-state index in [-0.39, 0.29) is 18.2 Å².